The van der Waals surface area contributed by atoms with Gasteiger partial charge in [0.15, 0.2) is 0 Å². The van der Waals surface area contributed by atoms with Gasteiger partial charge in [0.25, 0.3) is 0 Å². The second-order valence-electron chi connectivity index (χ2n) is 7.54. The molecule has 0 saturated heterocycles. The molecule has 2 rings (SSSR count). The van der Waals surface area contributed by atoms with Crippen LogP contribution in [0.2, 0.25) is 5.02 Å². The third kappa shape index (κ3) is 7.04. The minimum atomic E-state index is 0.104. The predicted molar refractivity (Wildman–Crippen MR) is 104 cm³/mol. The third-order valence-corrected chi connectivity index (χ3v) is 4.10. The van der Waals surface area contributed by atoms with Crippen LogP contribution in [-0.2, 0) is 19.5 Å². The Kier molecular flexibility index (Phi) is 6.85. The Hall–Kier alpha value is -1.35. The molecule has 0 aromatic heterocycles. The minimum absolute atomic E-state index is 0.104. The molecule has 2 nitrogen and oxygen atoms in total. The average molecular weight is 345 g/mol. The molecular formula is C21H29ClN2. The number of hydrogen-bond acceptors (Lipinski definition) is 2. The SMILES string of the molecule is CC(Cc1cc(Cl)cc(CNC(C)(C)C)c1)NCc1ccccc1. The van der Waals surface area contributed by atoms with Crippen molar-refractivity contribution in [1.29, 1.82) is 0 Å². The summed E-state index contributed by atoms with van der Waals surface area (Å²) >= 11 is 6.31. The molecule has 0 saturated carbocycles. The van der Waals surface area contributed by atoms with E-state index in [1.165, 1.54) is 16.7 Å². The van der Waals surface area contributed by atoms with Crippen LogP contribution in [0.4, 0.5) is 0 Å². The number of nitrogens with one attached hydrogen (secondary N) is 2. The van der Waals surface area contributed by atoms with Crippen molar-refractivity contribution in [2.45, 2.75) is 58.8 Å². The number of benzene rings is 2. The monoisotopic (exact) mass is 344 g/mol. The highest BCUT2D eigenvalue weighted by atomic mass is 35.5. The van der Waals surface area contributed by atoms with Crippen LogP contribution in [0.5, 0.6) is 0 Å². The molecule has 0 radical (unpaired) electrons. The van der Waals surface area contributed by atoms with E-state index >= 15 is 0 Å². The standard InChI is InChI=1S/C21H29ClN2/c1-16(23-14-17-8-6-5-7-9-17)10-18-11-19(13-20(22)12-18)15-24-21(2,3)4/h5-9,11-13,16,23-24H,10,14-15H2,1-4H3. The van der Waals surface area contributed by atoms with E-state index in [1.54, 1.807) is 0 Å². The van der Waals surface area contributed by atoms with Crippen LogP contribution in [0.25, 0.3) is 0 Å². The first-order valence-electron chi connectivity index (χ1n) is 8.62. The molecule has 2 aromatic rings. The largest absolute Gasteiger partial charge is 0.310 e. The average Bonchev–Trinajstić information content (AvgIpc) is 2.51. The topological polar surface area (TPSA) is 24.1 Å². The van der Waals surface area contributed by atoms with Gasteiger partial charge in [-0.05, 0) is 62.9 Å². The van der Waals surface area contributed by atoms with Gasteiger partial charge in [-0.1, -0.05) is 48.0 Å². The minimum Gasteiger partial charge on any atom is -0.310 e. The molecule has 2 aromatic carbocycles. The molecule has 3 heteroatoms. The van der Waals surface area contributed by atoms with Gasteiger partial charge in [-0.3, -0.25) is 0 Å². The maximum atomic E-state index is 6.31. The van der Waals surface area contributed by atoms with E-state index in [-0.39, 0.29) is 5.54 Å². The molecule has 0 aliphatic heterocycles. The number of halogens is 1. The van der Waals surface area contributed by atoms with Gasteiger partial charge in [-0.15, -0.1) is 0 Å². The van der Waals surface area contributed by atoms with Crippen molar-refractivity contribution >= 4 is 11.6 Å². The Labute approximate surface area is 151 Å². The van der Waals surface area contributed by atoms with Gasteiger partial charge in [-0.25, -0.2) is 0 Å². The highest BCUT2D eigenvalue weighted by molar-refractivity contribution is 6.30. The molecule has 24 heavy (non-hydrogen) atoms. The molecule has 130 valence electrons. The molecule has 0 aliphatic carbocycles. The zero-order valence-corrected chi connectivity index (χ0v) is 16.0. The summed E-state index contributed by atoms with van der Waals surface area (Å²) < 4.78 is 0. The van der Waals surface area contributed by atoms with Crippen LogP contribution in [-0.4, -0.2) is 11.6 Å². The van der Waals surface area contributed by atoms with E-state index in [0.717, 1.165) is 24.5 Å². The fourth-order valence-corrected chi connectivity index (χ4v) is 2.90. The molecule has 0 bridgehead atoms. The lowest BCUT2D eigenvalue weighted by atomic mass is 10.0. The van der Waals surface area contributed by atoms with Crippen molar-refractivity contribution in [3.63, 3.8) is 0 Å². The summed E-state index contributed by atoms with van der Waals surface area (Å²) in [4.78, 5) is 0. The summed E-state index contributed by atoms with van der Waals surface area (Å²) in [5.41, 5.74) is 3.93. The molecule has 0 aliphatic rings. The van der Waals surface area contributed by atoms with Crippen molar-refractivity contribution in [2.75, 3.05) is 0 Å². The van der Waals surface area contributed by atoms with Crippen molar-refractivity contribution < 1.29 is 0 Å². The molecule has 0 heterocycles. The zero-order valence-electron chi connectivity index (χ0n) is 15.2. The van der Waals surface area contributed by atoms with Gasteiger partial charge < -0.3 is 10.6 Å². The van der Waals surface area contributed by atoms with Gasteiger partial charge in [0.05, 0.1) is 0 Å². The summed E-state index contributed by atoms with van der Waals surface area (Å²) in [6, 6.07) is 17.3. The van der Waals surface area contributed by atoms with E-state index in [2.05, 4.69) is 74.7 Å². The Balaban J connectivity index is 1.92. The fraction of sp³-hybridized carbons (Fsp3) is 0.429. The molecular weight excluding hydrogens is 316 g/mol. The van der Waals surface area contributed by atoms with Crippen molar-refractivity contribution in [3.8, 4) is 0 Å². The van der Waals surface area contributed by atoms with Gasteiger partial charge in [0, 0.05) is 29.7 Å². The van der Waals surface area contributed by atoms with Gasteiger partial charge in [-0.2, -0.15) is 0 Å². The summed E-state index contributed by atoms with van der Waals surface area (Å²) in [6.45, 7) is 10.5. The van der Waals surface area contributed by atoms with Crippen molar-refractivity contribution in [1.82, 2.24) is 10.6 Å². The third-order valence-electron chi connectivity index (χ3n) is 3.88. The Morgan fingerprint density at radius 2 is 1.58 bits per heavy atom. The second-order valence-corrected chi connectivity index (χ2v) is 7.98. The lowest BCUT2D eigenvalue weighted by Crippen LogP contribution is -2.35. The lowest BCUT2D eigenvalue weighted by Gasteiger charge is -2.21. The fourth-order valence-electron chi connectivity index (χ4n) is 2.62. The molecule has 2 N–H and O–H groups in total. The van der Waals surface area contributed by atoms with Crippen molar-refractivity contribution in [3.05, 3.63) is 70.2 Å². The molecule has 1 unspecified atom stereocenters. The quantitative estimate of drug-likeness (QED) is 0.742. The first kappa shape index (κ1) is 19.0. The van der Waals surface area contributed by atoms with Gasteiger partial charge >= 0.3 is 0 Å². The molecule has 0 amide bonds. The van der Waals surface area contributed by atoms with E-state index in [4.69, 9.17) is 11.6 Å². The lowest BCUT2D eigenvalue weighted by molar-refractivity contribution is 0.424. The zero-order chi connectivity index (χ0) is 17.6. The predicted octanol–water partition coefficient (Wildman–Crippen LogP) is 4.95. The summed E-state index contributed by atoms with van der Waals surface area (Å²) in [5, 5.41) is 7.92. The van der Waals surface area contributed by atoms with Crippen LogP contribution in [0.3, 0.4) is 0 Å². The van der Waals surface area contributed by atoms with Crippen LogP contribution >= 0.6 is 11.6 Å². The Bertz CT molecular complexity index is 632. The van der Waals surface area contributed by atoms with Gasteiger partial charge in [0.2, 0.25) is 0 Å². The normalized spacial score (nSPS) is 13.0. The van der Waals surface area contributed by atoms with Gasteiger partial charge in [0.1, 0.15) is 0 Å². The summed E-state index contributed by atoms with van der Waals surface area (Å²) in [7, 11) is 0. The van der Waals surface area contributed by atoms with Crippen molar-refractivity contribution in [2.24, 2.45) is 0 Å². The first-order valence-corrected chi connectivity index (χ1v) is 9.00. The van der Waals surface area contributed by atoms with Crippen LogP contribution in [0.1, 0.15) is 44.4 Å². The van der Waals surface area contributed by atoms with Crippen LogP contribution in [0.15, 0.2) is 48.5 Å². The Morgan fingerprint density at radius 3 is 2.25 bits per heavy atom. The smallest absolute Gasteiger partial charge is 0.0411 e. The van der Waals surface area contributed by atoms with Crippen LogP contribution in [0, 0.1) is 0 Å². The highest BCUT2D eigenvalue weighted by Crippen LogP contribution is 2.17. The second kappa shape index (κ2) is 8.66. The highest BCUT2D eigenvalue weighted by Gasteiger charge is 2.10. The van der Waals surface area contributed by atoms with E-state index in [9.17, 15) is 0 Å². The molecule has 1 atom stereocenters. The van der Waals surface area contributed by atoms with E-state index < -0.39 is 0 Å². The maximum absolute atomic E-state index is 6.31. The summed E-state index contributed by atoms with van der Waals surface area (Å²) in [6.07, 6.45) is 0.968. The van der Waals surface area contributed by atoms with E-state index in [0.29, 0.717) is 6.04 Å². The first-order chi connectivity index (χ1) is 11.3. The Morgan fingerprint density at radius 1 is 0.917 bits per heavy atom. The molecule has 0 spiro atoms. The van der Waals surface area contributed by atoms with Crippen LogP contribution < -0.4 is 10.6 Å². The summed E-state index contributed by atoms with van der Waals surface area (Å²) in [5.74, 6) is 0. The van der Waals surface area contributed by atoms with E-state index in [1.807, 2.05) is 12.1 Å². The number of hydrogen-bond donors (Lipinski definition) is 2. The maximum Gasteiger partial charge on any atom is 0.0411 e. The number of rotatable bonds is 7. The molecule has 0 fully saturated rings.